The molecule has 1 atom stereocenters. The van der Waals surface area contributed by atoms with Crippen LogP contribution in [0.5, 0.6) is 5.75 Å². The minimum absolute atomic E-state index is 0.256. The van der Waals surface area contributed by atoms with Gasteiger partial charge in [-0.25, -0.2) is 9.37 Å². The van der Waals surface area contributed by atoms with E-state index in [9.17, 15) is 4.39 Å². The summed E-state index contributed by atoms with van der Waals surface area (Å²) in [5.74, 6) is 0.638. The molecule has 0 aliphatic rings. The predicted octanol–water partition coefficient (Wildman–Crippen LogP) is 3.79. The van der Waals surface area contributed by atoms with Gasteiger partial charge in [-0.05, 0) is 19.1 Å². The van der Waals surface area contributed by atoms with Crippen LogP contribution < -0.4 is 4.74 Å². The normalized spacial score (nSPS) is 12.5. The van der Waals surface area contributed by atoms with Gasteiger partial charge < -0.3 is 9.15 Å². The molecular formula is C12H11ClFNO2. The molecule has 3 nitrogen and oxygen atoms in total. The molecule has 17 heavy (non-hydrogen) atoms. The number of halogens is 2. The Morgan fingerprint density at radius 2 is 2.24 bits per heavy atom. The first kappa shape index (κ1) is 11.9. The van der Waals surface area contributed by atoms with Gasteiger partial charge in [0.15, 0.2) is 5.76 Å². The van der Waals surface area contributed by atoms with Gasteiger partial charge in [-0.2, -0.15) is 0 Å². The molecule has 0 fully saturated rings. The number of rotatable bonds is 3. The van der Waals surface area contributed by atoms with Crippen molar-refractivity contribution in [2.75, 3.05) is 7.11 Å². The van der Waals surface area contributed by atoms with E-state index in [4.69, 9.17) is 20.8 Å². The fourth-order valence-corrected chi connectivity index (χ4v) is 1.60. The molecule has 2 aromatic rings. The molecule has 1 heterocycles. The zero-order chi connectivity index (χ0) is 12.4. The lowest BCUT2D eigenvalue weighted by Crippen LogP contribution is -1.90. The Hall–Kier alpha value is -1.55. The second-order valence-electron chi connectivity index (χ2n) is 3.50. The molecule has 0 saturated heterocycles. The second-order valence-corrected chi connectivity index (χ2v) is 4.15. The number of nitrogens with zero attached hydrogens (tertiary/aromatic N) is 1. The summed E-state index contributed by atoms with van der Waals surface area (Å²) in [5.41, 5.74) is 0.256. The van der Waals surface area contributed by atoms with E-state index in [-0.39, 0.29) is 10.9 Å². The summed E-state index contributed by atoms with van der Waals surface area (Å²) in [4.78, 5) is 3.99. The van der Waals surface area contributed by atoms with Crippen molar-refractivity contribution < 1.29 is 13.5 Å². The highest BCUT2D eigenvalue weighted by molar-refractivity contribution is 6.20. The van der Waals surface area contributed by atoms with Crippen molar-refractivity contribution in [3.05, 3.63) is 36.1 Å². The topological polar surface area (TPSA) is 35.3 Å². The summed E-state index contributed by atoms with van der Waals surface area (Å²) in [6.45, 7) is 1.73. The van der Waals surface area contributed by atoms with Crippen LogP contribution in [0.4, 0.5) is 4.39 Å². The summed E-state index contributed by atoms with van der Waals surface area (Å²) in [6.07, 6.45) is 1.44. The number of hydrogen-bond acceptors (Lipinski definition) is 3. The Balaban J connectivity index is 2.51. The molecule has 5 heteroatoms. The van der Waals surface area contributed by atoms with E-state index >= 15 is 0 Å². The molecule has 0 saturated carbocycles. The van der Waals surface area contributed by atoms with E-state index in [2.05, 4.69) is 4.98 Å². The van der Waals surface area contributed by atoms with Gasteiger partial charge in [0.1, 0.15) is 16.9 Å². The summed E-state index contributed by atoms with van der Waals surface area (Å²) in [6, 6.07) is 4.56. The highest BCUT2D eigenvalue weighted by Crippen LogP contribution is 2.34. The van der Waals surface area contributed by atoms with Crippen LogP contribution in [0.2, 0.25) is 0 Å². The van der Waals surface area contributed by atoms with E-state index < -0.39 is 5.82 Å². The molecule has 0 bridgehead atoms. The minimum Gasteiger partial charge on any atom is -0.496 e. The molecule has 1 unspecified atom stereocenters. The maximum Gasteiger partial charge on any atom is 0.212 e. The fraction of sp³-hybridized carbons (Fsp3) is 0.250. The number of aromatic nitrogens is 1. The van der Waals surface area contributed by atoms with E-state index in [1.165, 1.54) is 19.4 Å². The number of hydrogen-bond donors (Lipinski definition) is 0. The van der Waals surface area contributed by atoms with Crippen LogP contribution in [0.25, 0.3) is 11.3 Å². The van der Waals surface area contributed by atoms with Crippen molar-refractivity contribution >= 4 is 11.6 Å². The summed E-state index contributed by atoms with van der Waals surface area (Å²) in [5, 5.41) is -0.360. The molecule has 90 valence electrons. The Labute approximate surface area is 103 Å². The summed E-state index contributed by atoms with van der Waals surface area (Å²) < 4.78 is 24.2. The molecule has 0 aliphatic heterocycles. The van der Waals surface area contributed by atoms with Gasteiger partial charge in [0, 0.05) is 0 Å². The highest BCUT2D eigenvalue weighted by Gasteiger charge is 2.17. The molecule has 2 rings (SSSR count). The van der Waals surface area contributed by atoms with Crippen molar-refractivity contribution in [3.8, 4) is 17.1 Å². The van der Waals surface area contributed by atoms with Crippen LogP contribution >= 0.6 is 11.6 Å². The van der Waals surface area contributed by atoms with Crippen LogP contribution in [0.1, 0.15) is 18.2 Å². The molecular weight excluding hydrogens is 245 g/mol. The number of benzene rings is 1. The predicted molar refractivity (Wildman–Crippen MR) is 62.7 cm³/mol. The van der Waals surface area contributed by atoms with Crippen LogP contribution in [-0.4, -0.2) is 12.1 Å². The van der Waals surface area contributed by atoms with E-state index in [0.717, 1.165) is 0 Å². The first-order chi connectivity index (χ1) is 8.13. The van der Waals surface area contributed by atoms with Crippen LogP contribution in [-0.2, 0) is 0 Å². The third-order valence-electron chi connectivity index (χ3n) is 2.31. The van der Waals surface area contributed by atoms with Crippen molar-refractivity contribution in [2.45, 2.75) is 12.3 Å². The third-order valence-corrected chi connectivity index (χ3v) is 2.49. The molecule has 0 N–H and O–H groups in total. The Bertz CT molecular complexity index is 525. The van der Waals surface area contributed by atoms with Gasteiger partial charge in [-0.1, -0.05) is 6.07 Å². The van der Waals surface area contributed by atoms with E-state index in [1.54, 1.807) is 19.1 Å². The lowest BCUT2D eigenvalue weighted by Gasteiger charge is -2.06. The average Bonchev–Trinajstić information content (AvgIpc) is 2.77. The number of ether oxygens (including phenoxy) is 1. The smallest absolute Gasteiger partial charge is 0.212 e. The molecule has 0 aliphatic carbocycles. The largest absolute Gasteiger partial charge is 0.496 e. The Morgan fingerprint density at radius 3 is 2.82 bits per heavy atom. The number of methoxy groups -OCH3 is 1. The Morgan fingerprint density at radius 1 is 1.47 bits per heavy atom. The minimum atomic E-state index is -0.422. The monoisotopic (exact) mass is 255 g/mol. The van der Waals surface area contributed by atoms with Crippen molar-refractivity contribution in [3.63, 3.8) is 0 Å². The molecule has 0 amide bonds. The zero-order valence-corrected chi connectivity index (χ0v) is 10.2. The molecule has 1 aromatic carbocycles. The van der Waals surface area contributed by atoms with Gasteiger partial charge >= 0.3 is 0 Å². The molecule has 1 aromatic heterocycles. The molecule has 0 radical (unpaired) electrons. The summed E-state index contributed by atoms with van der Waals surface area (Å²) in [7, 11) is 1.47. The SMILES string of the molecule is COc1cccc(F)c1-c1cnc(C(C)Cl)o1. The average molecular weight is 256 g/mol. The van der Waals surface area contributed by atoms with E-state index in [1.807, 2.05) is 0 Å². The second kappa shape index (κ2) is 4.75. The number of alkyl halides is 1. The first-order valence-corrected chi connectivity index (χ1v) is 5.49. The van der Waals surface area contributed by atoms with Crippen LogP contribution in [0, 0.1) is 5.82 Å². The van der Waals surface area contributed by atoms with Gasteiger partial charge in [0.2, 0.25) is 5.89 Å². The lowest BCUT2D eigenvalue weighted by atomic mass is 10.1. The van der Waals surface area contributed by atoms with Crippen molar-refractivity contribution in [1.29, 1.82) is 0 Å². The lowest BCUT2D eigenvalue weighted by molar-refractivity contribution is 0.410. The maximum atomic E-state index is 13.7. The number of oxazole rings is 1. The van der Waals surface area contributed by atoms with Crippen LogP contribution in [0.15, 0.2) is 28.8 Å². The standard InChI is InChI=1S/C12H11ClFNO2/c1-7(13)12-15-6-10(17-12)11-8(14)4-3-5-9(11)16-2/h3-7H,1-2H3. The maximum absolute atomic E-state index is 13.7. The van der Waals surface area contributed by atoms with Gasteiger partial charge in [0.25, 0.3) is 0 Å². The van der Waals surface area contributed by atoms with Gasteiger partial charge in [-0.15, -0.1) is 11.6 Å². The quantitative estimate of drug-likeness (QED) is 0.783. The van der Waals surface area contributed by atoms with Crippen molar-refractivity contribution in [2.24, 2.45) is 0 Å². The third kappa shape index (κ3) is 2.26. The Kier molecular flexibility index (Phi) is 3.33. The van der Waals surface area contributed by atoms with Gasteiger partial charge in [0.05, 0.1) is 18.9 Å². The highest BCUT2D eigenvalue weighted by atomic mass is 35.5. The van der Waals surface area contributed by atoms with Gasteiger partial charge in [-0.3, -0.25) is 0 Å². The molecule has 0 spiro atoms. The van der Waals surface area contributed by atoms with Crippen molar-refractivity contribution in [1.82, 2.24) is 4.98 Å². The fourth-order valence-electron chi connectivity index (χ4n) is 1.50. The first-order valence-electron chi connectivity index (χ1n) is 5.06. The van der Waals surface area contributed by atoms with Crippen LogP contribution in [0.3, 0.4) is 0 Å². The summed E-state index contributed by atoms with van der Waals surface area (Å²) >= 11 is 5.84. The zero-order valence-electron chi connectivity index (χ0n) is 9.41. The van der Waals surface area contributed by atoms with E-state index in [0.29, 0.717) is 17.4 Å².